The van der Waals surface area contributed by atoms with Gasteiger partial charge in [0.1, 0.15) is 0 Å². The molecule has 0 spiro atoms. The molecule has 4 bridgehead atoms. The number of rotatable bonds is 2. The molecule has 0 N–H and O–H groups in total. The van der Waals surface area contributed by atoms with Gasteiger partial charge in [0.25, 0.3) is 0 Å². The highest BCUT2D eigenvalue weighted by Gasteiger charge is 2.60. The van der Waals surface area contributed by atoms with Crippen LogP contribution in [0.4, 0.5) is 0 Å². The molecule has 0 aliphatic carbocycles. The Hall–Kier alpha value is -1.89. The Morgan fingerprint density at radius 2 is 1.82 bits per heavy atom. The highest BCUT2D eigenvalue weighted by atomic mass is 15.0. The molecule has 2 unspecified atom stereocenters. The van der Waals surface area contributed by atoms with Crippen LogP contribution in [0, 0.1) is 0 Å². The molecular formula is C21H24N+. The van der Waals surface area contributed by atoms with Crippen LogP contribution in [0.25, 0.3) is 11.3 Å². The molecule has 0 saturated heterocycles. The van der Waals surface area contributed by atoms with Crippen LogP contribution in [0.1, 0.15) is 44.9 Å². The van der Waals surface area contributed by atoms with E-state index in [1.54, 1.807) is 0 Å². The Labute approximate surface area is 133 Å². The molecule has 22 heavy (non-hydrogen) atoms. The quantitative estimate of drug-likeness (QED) is 0.565. The van der Waals surface area contributed by atoms with Gasteiger partial charge in [-0.3, -0.25) is 0 Å². The van der Waals surface area contributed by atoms with Gasteiger partial charge < -0.3 is 0 Å². The summed E-state index contributed by atoms with van der Waals surface area (Å²) in [5, 5.41) is 0. The van der Waals surface area contributed by atoms with Gasteiger partial charge in [-0.05, 0) is 43.0 Å². The molecule has 0 saturated carbocycles. The zero-order valence-corrected chi connectivity index (χ0v) is 13.8. The predicted molar refractivity (Wildman–Crippen MR) is 90.8 cm³/mol. The Morgan fingerprint density at radius 3 is 2.55 bits per heavy atom. The molecule has 1 heteroatoms. The third kappa shape index (κ3) is 1.29. The van der Waals surface area contributed by atoms with E-state index in [0.29, 0.717) is 0 Å². The van der Waals surface area contributed by atoms with E-state index in [9.17, 15) is 0 Å². The Bertz CT molecular complexity index is 788. The highest BCUT2D eigenvalue weighted by Crippen LogP contribution is 2.57. The second-order valence-electron chi connectivity index (χ2n) is 6.98. The van der Waals surface area contributed by atoms with E-state index in [-0.39, 0.29) is 10.8 Å². The van der Waals surface area contributed by atoms with Gasteiger partial charge in [0.15, 0.2) is 12.2 Å². The van der Waals surface area contributed by atoms with Gasteiger partial charge in [0.05, 0.1) is 11.0 Å². The molecule has 3 aliphatic heterocycles. The maximum atomic E-state index is 4.56. The van der Waals surface area contributed by atoms with Crippen LogP contribution in [0.5, 0.6) is 0 Å². The average Bonchev–Trinajstić information content (AvgIpc) is 2.67. The first kappa shape index (κ1) is 13.8. The largest absolute Gasteiger partial charge is 0.213 e. The summed E-state index contributed by atoms with van der Waals surface area (Å²) >= 11 is 0. The van der Waals surface area contributed by atoms with Crippen LogP contribution in [-0.2, 0) is 17.4 Å². The molecular weight excluding hydrogens is 266 g/mol. The van der Waals surface area contributed by atoms with Crippen molar-refractivity contribution >= 4 is 0 Å². The molecule has 0 fully saturated rings. The first-order valence-electron chi connectivity index (χ1n) is 8.41. The molecule has 0 amide bonds. The number of allylic oxidation sites excluding steroid dienone is 1. The molecule has 1 aromatic carbocycles. The normalized spacial score (nSPS) is 28.4. The van der Waals surface area contributed by atoms with Crippen molar-refractivity contribution in [2.75, 3.05) is 0 Å². The van der Waals surface area contributed by atoms with Gasteiger partial charge in [0.2, 0.25) is 5.69 Å². The van der Waals surface area contributed by atoms with Gasteiger partial charge in [-0.25, -0.2) is 0 Å². The minimum absolute atomic E-state index is 0.0362. The smallest absolute Gasteiger partial charge is 0.191 e. The summed E-state index contributed by atoms with van der Waals surface area (Å²) in [5.74, 6) is 0. The standard InChI is InChI=1S/C21H24N/c1-5-20(4)19-13-9-12-18-16-10-7-8-11-17(16)21(20,6-2)15(3)14-22(18)19/h7-13H,3,5-6,14H2,1-2,4H3/q+1. The monoisotopic (exact) mass is 290 g/mol. The van der Waals surface area contributed by atoms with Crippen LogP contribution in [0.15, 0.2) is 54.6 Å². The summed E-state index contributed by atoms with van der Waals surface area (Å²) in [4.78, 5) is 0. The van der Waals surface area contributed by atoms with E-state index >= 15 is 0 Å². The lowest BCUT2D eigenvalue weighted by Gasteiger charge is -2.49. The van der Waals surface area contributed by atoms with E-state index in [0.717, 1.165) is 19.4 Å². The maximum Gasteiger partial charge on any atom is 0.213 e. The SMILES string of the molecule is C=C1C[n+]2c3cccc2C(C)(CC)C1(CC)c1ccccc1-3. The second-order valence-corrected chi connectivity index (χ2v) is 6.98. The molecule has 0 radical (unpaired) electrons. The van der Waals surface area contributed by atoms with Crippen molar-refractivity contribution in [1.29, 1.82) is 0 Å². The van der Waals surface area contributed by atoms with Crippen molar-refractivity contribution < 1.29 is 4.57 Å². The fraction of sp³-hybridized carbons (Fsp3) is 0.381. The summed E-state index contributed by atoms with van der Waals surface area (Å²) in [7, 11) is 0. The Balaban J connectivity index is 2.26. The Morgan fingerprint density at radius 1 is 1.05 bits per heavy atom. The van der Waals surface area contributed by atoms with Crippen LogP contribution in [0.3, 0.4) is 0 Å². The number of nitrogens with zero attached hydrogens (tertiary/aromatic N) is 1. The molecule has 2 aromatic rings. The van der Waals surface area contributed by atoms with Gasteiger partial charge in [-0.1, -0.05) is 38.6 Å². The fourth-order valence-electron chi connectivity index (χ4n) is 5.24. The molecule has 1 aromatic heterocycles. The Kier molecular flexibility index (Phi) is 2.70. The van der Waals surface area contributed by atoms with E-state index in [4.69, 9.17) is 0 Å². The molecule has 1 nitrogen and oxygen atoms in total. The number of aromatic nitrogens is 1. The lowest BCUT2D eigenvalue weighted by molar-refractivity contribution is -0.695. The molecule has 4 heterocycles. The van der Waals surface area contributed by atoms with E-state index in [2.05, 4.69) is 74.4 Å². The highest BCUT2D eigenvalue weighted by molar-refractivity contribution is 5.68. The van der Waals surface area contributed by atoms with Gasteiger partial charge in [0, 0.05) is 17.5 Å². The van der Waals surface area contributed by atoms with Crippen molar-refractivity contribution in [3.8, 4) is 11.3 Å². The third-order valence-electron chi connectivity index (χ3n) is 6.45. The van der Waals surface area contributed by atoms with E-state index in [1.807, 2.05) is 0 Å². The first-order chi connectivity index (χ1) is 10.6. The van der Waals surface area contributed by atoms with Crippen molar-refractivity contribution in [3.05, 3.63) is 65.9 Å². The molecule has 112 valence electrons. The van der Waals surface area contributed by atoms with Crippen LogP contribution >= 0.6 is 0 Å². The van der Waals surface area contributed by atoms with Crippen molar-refractivity contribution in [3.63, 3.8) is 0 Å². The molecule has 5 rings (SSSR count). The van der Waals surface area contributed by atoms with Gasteiger partial charge in [-0.15, -0.1) is 0 Å². The van der Waals surface area contributed by atoms with Crippen molar-refractivity contribution in [2.24, 2.45) is 0 Å². The zero-order valence-electron chi connectivity index (χ0n) is 13.8. The number of pyridine rings is 1. The van der Waals surface area contributed by atoms with Gasteiger partial charge in [-0.2, -0.15) is 4.57 Å². The van der Waals surface area contributed by atoms with Crippen molar-refractivity contribution in [2.45, 2.75) is 51.0 Å². The number of fused-ring (bicyclic) bond motifs is 1. The van der Waals surface area contributed by atoms with Crippen molar-refractivity contribution in [1.82, 2.24) is 0 Å². The predicted octanol–water partition coefficient (Wildman–Crippen LogP) is 4.54. The minimum atomic E-state index is 0.0362. The second kappa shape index (κ2) is 4.32. The number of hydrogen-bond donors (Lipinski definition) is 0. The topological polar surface area (TPSA) is 3.88 Å². The summed E-state index contributed by atoms with van der Waals surface area (Å²) < 4.78 is 2.51. The maximum absolute atomic E-state index is 4.56. The van der Waals surface area contributed by atoms with Crippen LogP contribution in [0.2, 0.25) is 0 Å². The van der Waals surface area contributed by atoms with E-state index < -0.39 is 0 Å². The van der Waals surface area contributed by atoms with Crippen LogP contribution in [-0.4, -0.2) is 0 Å². The lowest BCUT2D eigenvalue weighted by atomic mass is 9.52. The minimum Gasteiger partial charge on any atom is -0.191 e. The first-order valence-corrected chi connectivity index (χ1v) is 8.41. The summed E-state index contributed by atoms with van der Waals surface area (Å²) in [5.41, 5.74) is 7.18. The summed E-state index contributed by atoms with van der Waals surface area (Å²) in [6.07, 6.45) is 2.23. The molecule has 2 atom stereocenters. The van der Waals surface area contributed by atoms with Crippen LogP contribution < -0.4 is 4.57 Å². The fourth-order valence-corrected chi connectivity index (χ4v) is 5.24. The van der Waals surface area contributed by atoms with E-state index in [1.165, 1.54) is 28.1 Å². The average molecular weight is 290 g/mol. The zero-order chi connectivity index (χ0) is 15.5. The third-order valence-corrected chi connectivity index (χ3v) is 6.45. The number of hydrogen-bond acceptors (Lipinski definition) is 0. The van der Waals surface area contributed by atoms with Gasteiger partial charge >= 0.3 is 0 Å². The summed E-state index contributed by atoms with van der Waals surface area (Å²) in [6, 6.07) is 15.8. The number of benzene rings is 1. The molecule has 3 aliphatic rings. The summed E-state index contributed by atoms with van der Waals surface area (Å²) in [6.45, 7) is 12.6. The lowest BCUT2D eigenvalue weighted by Crippen LogP contribution is -2.60.